The van der Waals surface area contributed by atoms with Crippen molar-refractivity contribution >= 4 is 33.4 Å². The van der Waals surface area contributed by atoms with Crippen LogP contribution in [-0.4, -0.2) is 48.8 Å². The first-order valence-corrected chi connectivity index (χ1v) is 11.8. The van der Waals surface area contributed by atoms with Crippen LogP contribution < -0.4 is 10.1 Å². The van der Waals surface area contributed by atoms with Gasteiger partial charge >= 0.3 is 6.36 Å². The average Bonchev–Trinajstić information content (AvgIpc) is 2.73. The number of hydrogen-bond donors (Lipinski definition) is 1. The fraction of sp³-hybridized carbons (Fsp3) is 0.368. The van der Waals surface area contributed by atoms with Gasteiger partial charge in [0.2, 0.25) is 15.9 Å². The predicted molar refractivity (Wildman–Crippen MR) is 109 cm³/mol. The summed E-state index contributed by atoms with van der Waals surface area (Å²) in [5, 5.41) is 3.03. The van der Waals surface area contributed by atoms with Gasteiger partial charge in [-0.15, -0.1) is 13.2 Å². The number of ether oxygens (including phenoxy) is 1. The number of anilines is 1. The lowest BCUT2D eigenvalue weighted by Crippen LogP contribution is -2.35. The van der Waals surface area contributed by atoms with Crippen molar-refractivity contribution < 1.29 is 31.1 Å². The molecule has 3 rings (SSSR count). The zero-order valence-corrected chi connectivity index (χ0v) is 17.9. The molecule has 0 radical (unpaired) electrons. The minimum absolute atomic E-state index is 0.00791. The molecule has 1 N–H and O–H groups in total. The number of carbonyl (C=O) groups excluding carboxylic acids is 1. The van der Waals surface area contributed by atoms with Crippen LogP contribution in [-0.2, 0) is 14.8 Å². The number of nitrogens with one attached hydrogen (secondary N) is 1. The fourth-order valence-corrected chi connectivity index (χ4v) is 5.04. The molecule has 0 bridgehead atoms. The lowest BCUT2D eigenvalue weighted by molar-refractivity contribution is -0.274. The monoisotopic (exact) mass is 475 g/mol. The number of carbonyl (C=O) groups is 1. The summed E-state index contributed by atoms with van der Waals surface area (Å²) in [6.07, 6.45) is -0.796. The Labute approximate surface area is 182 Å². The first kappa shape index (κ1) is 23.4. The molecule has 1 amide bonds. The average molecular weight is 476 g/mol. The van der Waals surface area contributed by atoms with Crippen LogP contribution in [0.1, 0.15) is 19.3 Å². The first-order valence-electron chi connectivity index (χ1n) is 9.38. The summed E-state index contributed by atoms with van der Waals surface area (Å²) in [5.74, 6) is -0.781. The van der Waals surface area contributed by atoms with Gasteiger partial charge < -0.3 is 10.1 Å². The second-order valence-corrected chi connectivity index (χ2v) is 9.64. The number of thioether (sulfide) groups is 1. The van der Waals surface area contributed by atoms with Crippen molar-refractivity contribution in [1.82, 2.24) is 9.29 Å². The van der Waals surface area contributed by atoms with Crippen molar-refractivity contribution in [3.8, 4) is 5.75 Å². The zero-order chi connectivity index (χ0) is 22.5. The summed E-state index contributed by atoms with van der Waals surface area (Å²) in [4.78, 5) is 16.3. The van der Waals surface area contributed by atoms with Crippen LogP contribution in [0.25, 0.3) is 0 Å². The van der Waals surface area contributed by atoms with Gasteiger partial charge in [-0.05, 0) is 49.2 Å². The third kappa shape index (κ3) is 6.84. The lowest BCUT2D eigenvalue weighted by Gasteiger charge is -2.25. The van der Waals surface area contributed by atoms with Crippen LogP contribution in [0.4, 0.5) is 18.9 Å². The Morgan fingerprint density at radius 3 is 2.35 bits per heavy atom. The van der Waals surface area contributed by atoms with E-state index in [1.54, 1.807) is 0 Å². The number of alkyl halides is 3. The molecule has 1 aliphatic heterocycles. The second kappa shape index (κ2) is 9.88. The smallest absolute Gasteiger partial charge is 0.406 e. The van der Waals surface area contributed by atoms with E-state index in [4.69, 9.17) is 0 Å². The molecule has 168 valence electrons. The van der Waals surface area contributed by atoms with Gasteiger partial charge in [-0.25, -0.2) is 13.4 Å². The van der Waals surface area contributed by atoms with E-state index in [0.717, 1.165) is 43.2 Å². The Morgan fingerprint density at radius 2 is 1.77 bits per heavy atom. The molecule has 1 aromatic heterocycles. The van der Waals surface area contributed by atoms with Gasteiger partial charge in [0.15, 0.2) is 0 Å². The Morgan fingerprint density at radius 1 is 1.10 bits per heavy atom. The number of aromatic nitrogens is 1. The molecule has 12 heteroatoms. The van der Waals surface area contributed by atoms with Crippen LogP contribution in [0.5, 0.6) is 5.75 Å². The van der Waals surface area contributed by atoms with Crippen LogP contribution in [0.2, 0.25) is 0 Å². The highest BCUT2D eigenvalue weighted by Crippen LogP contribution is 2.25. The standard InChI is InChI=1S/C19H20F3N3O4S2/c20-19(21,22)29-15-6-4-14(5-7-15)24-17(26)13-30-18-9-8-16(12-23-18)31(27,28)25-10-2-1-3-11-25/h4-9,12H,1-3,10-11,13H2,(H,24,26). The Kier molecular flexibility index (Phi) is 7.44. The van der Waals surface area contributed by atoms with Crippen molar-refractivity contribution in [2.75, 3.05) is 24.2 Å². The van der Waals surface area contributed by atoms with E-state index in [2.05, 4.69) is 15.0 Å². The van der Waals surface area contributed by atoms with Crippen molar-refractivity contribution in [2.24, 2.45) is 0 Å². The SMILES string of the molecule is O=C(CSc1ccc(S(=O)(=O)N2CCCCC2)cn1)Nc1ccc(OC(F)(F)F)cc1. The predicted octanol–water partition coefficient (Wildman–Crippen LogP) is 3.89. The molecule has 1 saturated heterocycles. The van der Waals surface area contributed by atoms with E-state index < -0.39 is 16.4 Å². The molecule has 7 nitrogen and oxygen atoms in total. The van der Waals surface area contributed by atoms with Gasteiger partial charge in [0.05, 0.1) is 10.8 Å². The molecule has 0 saturated carbocycles. The maximum atomic E-state index is 12.6. The molecular formula is C19H20F3N3O4S2. The molecule has 1 aromatic carbocycles. The van der Waals surface area contributed by atoms with Gasteiger partial charge in [0.25, 0.3) is 0 Å². The highest BCUT2D eigenvalue weighted by molar-refractivity contribution is 7.99. The molecule has 0 unspecified atom stereocenters. The molecule has 31 heavy (non-hydrogen) atoms. The number of halogens is 3. The van der Waals surface area contributed by atoms with Crippen LogP contribution in [0.15, 0.2) is 52.5 Å². The van der Waals surface area contributed by atoms with Crippen molar-refractivity contribution in [3.05, 3.63) is 42.6 Å². The van der Waals surface area contributed by atoms with E-state index in [-0.39, 0.29) is 22.3 Å². The summed E-state index contributed by atoms with van der Waals surface area (Å²) in [7, 11) is -3.56. The summed E-state index contributed by atoms with van der Waals surface area (Å²) in [6, 6.07) is 7.79. The summed E-state index contributed by atoms with van der Waals surface area (Å²) < 4.78 is 66.9. The van der Waals surface area contributed by atoms with E-state index in [9.17, 15) is 26.4 Å². The molecular weight excluding hydrogens is 455 g/mol. The van der Waals surface area contributed by atoms with Gasteiger partial charge in [-0.3, -0.25) is 4.79 Å². The number of hydrogen-bond acceptors (Lipinski definition) is 6. The molecule has 0 atom stereocenters. The third-order valence-electron chi connectivity index (χ3n) is 4.38. The molecule has 0 aliphatic carbocycles. The largest absolute Gasteiger partial charge is 0.573 e. The van der Waals surface area contributed by atoms with E-state index in [0.29, 0.717) is 23.8 Å². The number of pyridine rings is 1. The second-order valence-electron chi connectivity index (χ2n) is 6.71. The maximum Gasteiger partial charge on any atom is 0.573 e. The van der Waals surface area contributed by atoms with E-state index in [1.807, 2.05) is 0 Å². The normalized spacial score (nSPS) is 15.5. The molecule has 2 heterocycles. The molecule has 0 spiro atoms. The van der Waals surface area contributed by atoms with Gasteiger partial charge in [-0.2, -0.15) is 4.31 Å². The highest BCUT2D eigenvalue weighted by atomic mass is 32.2. The molecule has 1 aliphatic rings. The number of sulfonamides is 1. The highest BCUT2D eigenvalue weighted by Gasteiger charge is 2.31. The third-order valence-corrected chi connectivity index (χ3v) is 7.21. The van der Waals surface area contributed by atoms with E-state index in [1.165, 1.54) is 34.8 Å². The summed E-state index contributed by atoms with van der Waals surface area (Å²) in [5.41, 5.74) is 0.316. The number of piperidine rings is 1. The van der Waals surface area contributed by atoms with Gasteiger partial charge in [-0.1, -0.05) is 18.2 Å². The quantitative estimate of drug-likeness (QED) is 0.612. The minimum atomic E-state index is -4.78. The minimum Gasteiger partial charge on any atom is -0.406 e. The molecule has 2 aromatic rings. The van der Waals surface area contributed by atoms with Crippen molar-refractivity contribution in [1.29, 1.82) is 0 Å². The first-order chi connectivity index (χ1) is 14.6. The van der Waals surface area contributed by atoms with E-state index >= 15 is 0 Å². The lowest BCUT2D eigenvalue weighted by atomic mass is 10.2. The fourth-order valence-electron chi connectivity index (χ4n) is 2.94. The Bertz CT molecular complexity index is 992. The van der Waals surface area contributed by atoms with Crippen molar-refractivity contribution in [2.45, 2.75) is 35.5 Å². The maximum absolute atomic E-state index is 12.6. The van der Waals surface area contributed by atoms with Crippen molar-refractivity contribution in [3.63, 3.8) is 0 Å². The summed E-state index contributed by atoms with van der Waals surface area (Å²) >= 11 is 1.11. The Hall–Kier alpha value is -2.31. The zero-order valence-electron chi connectivity index (χ0n) is 16.3. The number of amides is 1. The number of rotatable bonds is 7. The number of nitrogens with zero attached hydrogens (tertiary/aromatic N) is 2. The summed E-state index contributed by atoms with van der Waals surface area (Å²) in [6.45, 7) is 1.00. The topological polar surface area (TPSA) is 88.6 Å². The van der Waals surface area contributed by atoms with Gasteiger partial charge in [0, 0.05) is 25.0 Å². The van der Waals surface area contributed by atoms with Crippen LogP contribution >= 0.6 is 11.8 Å². The van der Waals surface area contributed by atoms with Crippen LogP contribution in [0.3, 0.4) is 0 Å². The number of benzene rings is 1. The van der Waals surface area contributed by atoms with Gasteiger partial charge in [0.1, 0.15) is 10.6 Å². The van der Waals surface area contributed by atoms with Crippen LogP contribution in [0, 0.1) is 0 Å². The Balaban J connectivity index is 1.51. The molecule has 1 fully saturated rings.